The van der Waals surface area contributed by atoms with Crippen LogP contribution in [0.2, 0.25) is 0 Å². The van der Waals surface area contributed by atoms with Crippen LogP contribution in [0.5, 0.6) is 11.5 Å². The third-order valence-corrected chi connectivity index (χ3v) is 5.58. The Labute approximate surface area is 132 Å². The van der Waals surface area contributed by atoms with Gasteiger partial charge in [-0.15, -0.1) is 0 Å². The van der Waals surface area contributed by atoms with Crippen molar-refractivity contribution in [2.45, 2.75) is 18.0 Å². The predicted molar refractivity (Wildman–Crippen MR) is 80.3 cm³/mol. The van der Waals surface area contributed by atoms with Crippen LogP contribution >= 0.6 is 0 Å². The van der Waals surface area contributed by atoms with Crippen LogP contribution in [0.4, 0.5) is 5.95 Å². The van der Waals surface area contributed by atoms with Crippen molar-refractivity contribution in [1.29, 1.82) is 0 Å². The van der Waals surface area contributed by atoms with Crippen molar-refractivity contribution in [3.05, 3.63) is 35.7 Å². The summed E-state index contributed by atoms with van der Waals surface area (Å²) in [5, 5.41) is 0. The molecule has 0 unspecified atom stereocenters. The Balaban J connectivity index is 1.67. The van der Waals surface area contributed by atoms with Crippen LogP contribution in [0.3, 0.4) is 0 Å². The molecule has 1 aromatic heterocycles. The zero-order valence-electron chi connectivity index (χ0n) is 12.1. The first-order valence-corrected chi connectivity index (χ1v) is 8.48. The van der Waals surface area contributed by atoms with Gasteiger partial charge in [0.2, 0.25) is 16.0 Å². The Morgan fingerprint density at radius 3 is 2.74 bits per heavy atom. The fraction of sp³-hybridized carbons (Fsp3) is 0.286. The van der Waals surface area contributed by atoms with E-state index in [9.17, 15) is 8.42 Å². The predicted octanol–water partition coefficient (Wildman–Crippen LogP) is 0.534. The maximum Gasteiger partial charge on any atom is 0.243 e. The third-order valence-electron chi connectivity index (χ3n) is 3.80. The fourth-order valence-electron chi connectivity index (χ4n) is 2.64. The zero-order valence-corrected chi connectivity index (χ0v) is 12.9. The van der Waals surface area contributed by atoms with Gasteiger partial charge >= 0.3 is 0 Å². The summed E-state index contributed by atoms with van der Waals surface area (Å²) in [5.74, 6) is 1.14. The summed E-state index contributed by atoms with van der Waals surface area (Å²) in [6, 6.07) is 4.63. The molecule has 23 heavy (non-hydrogen) atoms. The number of aromatic nitrogens is 2. The topological polar surface area (TPSA) is 108 Å². The second-order valence-corrected chi connectivity index (χ2v) is 7.22. The minimum absolute atomic E-state index is 0.141. The highest BCUT2D eigenvalue weighted by Crippen LogP contribution is 2.34. The molecule has 4 rings (SSSR count). The summed E-state index contributed by atoms with van der Waals surface area (Å²) in [4.78, 5) is 8.17. The lowest BCUT2D eigenvalue weighted by Gasteiger charge is -2.20. The highest BCUT2D eigenvalue weighted by atomic mass is 32.2. The number of hydrogen-bond donors (Lipinski definition) is 1. The van der Waals surface area contributed by atoms with E-state index in [1.807, 2.05) is 0 Å². The Hall–Kier alpha value is -2.39. The first-order valence-electron chi connectivity index (χ1n) is 7.04. The fourth-order valence-corrected chi connectivity index (χ4v) is 4.04. The van der Waals surface area contributed by atoms with Crippen molar-refractivity contribution >= 4 is 16.0 Å². The molecule has 2 aromatic rings. The van der Waals surface area contributed by atoms with Crippen molar-refractivity contribution in [3.63, 3.8) is 0 Å². The molecule has 1 aromatic carbocycles. The number of fused-ring (bicyclic) bond motifs is 2. The van der Waals surface area contributed by atoms with E-state index in [2.05, 4.69) is 9.97 Å². The number of nitrogens with zero attached hydrogens (tertiary/aromatic N) is 3. The Morgan fingerprint density at radius 1 is 1.13 bits per heavy atom. The lowest BCUT2D eigenvalue weighted by atomic mass is 10.3. The van der Waals surface area contributed by atoms with Crippen LogP contribution in [0.1, 0.15) is 11.3 Å². The molecule has 9 heteroatoms. The lowest BCUT2D eigenvalue weighted by Crippen LogP contribution is -2.26. The minimum Gasteiger partial charge on any atom is -0.486 e. The number of rotatable bonds is 2. The van der Waals surface area contributed by atoms with Crippen molar-refractivity contribution in [1.82, 2.24) is 14.3 Å². The van der Waals surface area contributed by atoms with Crippen molar-refractivity contribution in [2.24, 2.45) is 0 Å². The van der Waals surface area contributed by atoms with Crippen LogP contribution < -0.4 is 15.2 Å². The standard InChI is InChI=1S/C14H14N4O4S/c15-14-16-6-9-7-18(8-11(9)17-14)23(19,20)10-1-2-12-13(5-10)22-4-3-21-12/h1-2,5-6H,3-4,7-8H2,(H2,15,16,17). The number of sulfonamides is 1. The van der Waals surface area contributed by atoms with Gasteiger partial charge in [0.1, 0.15) is 13.2 Å². The van der Waals surface area contributed by atoms with Gasteiger partial charge in [0.25, 0.3) is 0 Å². The smallest absolute Gasteiger partial charge is 0.243 e. The van der Waals surface area contributed by atoms with Gasteiger partial charge in [0.15, 0.2) is 11.5 Å². The first-order chi connectivity index (χ1) is 11.0. The molecule has 8 nitrogen and oxygen atoms in total. The van der Waals surface area contributed by atoms with Crippen LogP contribution in [0.25, 0.3) is 0 Å². The SMILES string of the molecule is Nc1ncc2c(n1)CN(S(=O)(=O)c1ccc3c(c1)OCCO3)C2. The average molecular weight is 334 g/mol. The van der Waals surface area contributed by atoms with Gasteiger partial charge in [0.05, 0.1) is 17.1 Å². The third kappa shape index (κ3) is 2.37. The summed E-state index contributed by atoms with van der Waals surface area (Å²) >= 11 is 0. The molecule has 0 atom stereocenters. The Kier molecular flexibility index (Phi) is 3.13. The molecule has 2 aliphatic heterocycles. The highest BCUT2D eigenvalue weighted by Gasteiger charge is 2.32. The van der Waals surface area contributed by atoms with Crippen molar-refractivity contribution in [3.8, 4) is 11.5 Å². The number of benzene rings is 1. The van der Waals surface area contributed by atoms with Crippen LogP contribution in [0.15, 0.2) is 29.3 Å². The van der Waals surface area contributed by atoms with Gasteiger partial charge < -0.3 is 15.2 Å². The van der Waals surface area contributed by atoms with Crippen molar-refractivity contribution < 1.29 is 17.9 Å². The Bertz CT molecular complexity index is 884. The second-order valence-electron chi connectivity index (χ2n) is 5.28. The average Bonchev–Trinajstić information content (AvgIpc) is 2.98. The monoisotopic (exact) mass is 334 g/mol. The molecule has 0 bridgehead atoms. The number of nitrogens with two attached hydrogens (primary N) is 1. The van der Waals surface area contributed by atoms with E-state index >= 15 is 0 Å². The molecule has 0 saturated heterocycles. The molecule has 0 saturated carbocycles. The van der Waals surface area contributed by atoms with E-state index in [1.165, 1.54) is 16.4 Å². The molecule has 0 aliphatic carbocycles. The summed E-state index contributed by atoms with van der Waals surface area (Å²) < 4.78 is 37.9. The maximum atomic E-state index is 12.8. The van der Waals surface area contributed by atoms with Crippen molar-refractivity contribution in [2.75, 3.05) is 18.9 Å². The highest BCUT2D eigenvalue weighted by molar-refractivity contribution is 7.89. The van der Waals surface area contributed by atoms with E-state index in [-0.39, 0.29) is 23.9 Å². The Morgan fingerprint density at radius 2 is 1.91 bits per heavy atom. The number of hydrogen-bond acceptors (Lipinski definition) is 7. The van der Waals surface area contributed by atoms with Gasteiger partial charge in [-0.25, -0.2) is 18.4 Å². The largest absolute Gasteiger partial charge is 0.486 e. The summed E-state index contributed by atoms with van der Waals surface area (Å²) in [7, 11) is -3.66. The van der Waals surface area contributed by atoms with Gasteiger partial charge in [-0.1, -0.05) is 0 Å². The van der Waals surface area contributed by atoms with Gasteiger partial charge in [-0.2, -0.15) is 4.31 Å². The minimum atomic E-state index is -3.66. The molecule has 2 N–H and O–H groups in total. The number of anilines is 1. The molecular formula is C14H14N4O4S. The summed E-state index contributed by atoms with van der Waals surface area (Å²) in [5.41, 5.74) is 6.95. The van der Waals surface area contributed by atoms with E-state index < -0.39 is 10.0 Å². The molecule has 120 valence electrons. The van der Waals surface area contributed by atoms with Gasteiger partial charge in [0, 0.05) is 24.4 Å². The molecule has 0 amide bonds. The van der Waals surface area contributed by atoms with E-state index in [1.54, 1.807) is 12.3 Å². The maximum absolute atomic E-state index is 12.8. The summed E-state index contributed by atoms with van der Waals surface area (Å²) in [6.07, 6.45) is 1.57. The van der Waals surface area contributed by atoms with Crippen LogP contribution in [-0.4, -0.2) is 35.9 Å². The molecule has 0 fully saturated rings. The van der Waals surface area contributed by atoms with E-state index in [0.29, 0.717) is 30.4 Å². The lowest BCUT2D eigenvalue weighted by molar-refractivity contribution is 0.171. The van der Waals surface area contributed by atoms with E-state index in [0.717, 1.165) is 5.56 Å². The molecule has 2 aliphatic rings. The van der Waals surface area contributed by atoms with Crippen LogP contribution in [-0.2, 0) is 23.1 Å². The molecular weight excluding hydrogens is 320 g/mol. The van der Waals surface area contributed by atoms with Gasteiger partial charge in [-0.05, 0) is 12.1 Å². The molecule has 0 spiro atoms. The molecule has 3 heterocycles. The quantitative estimate of drug-likeness (QED) is 0.853. The summed E-state index contributed by atoms with van der Waals surface area (Å²) in [6.45, 7) is 1.27. The first kappa shape index (κ1) is 14.2. The van der Waals surface area contributed by atoms with Crippen LogP contribution in [0, 0.1) is 0 Å². The normalized spacial score (nSPS) is 17.0. The van der Waals surface area contributed by atoms with E-state index in [4.69, 9.17) is 15.2 Å². The number of ether oxygens (including phenoxy) is 2. The molecule has 0 radical (unpaired) electrons. The zero-order chi connectivity index (χ0) is 16.0. The number of nitrogen functional groups attached to an aromatic ring is 1. The second kappa shape index (κ2) is 5.07. The van der Waals surface area contributed by atoms with Gasteiger partial charge in [-0.3, -0.25) is 0 Å².